The highest BCUT2D eigenvalue weighted by Gasteiger charge is 2.43. The van der Waals surface area contributed by atoms with Crippen LogP contribution in [0.1, 0.15) is 35.4 Å². The highest BCUT2D eigenvalue weighted by molar-refractivity contribution is 6.30. The second kappa shape index (κ2) is 8.89. The van der Waals surface area contributed by atoms with E-state index in [9.17, 15) is 9.59 Å². The summed E-state index contributed by atoms with van der Waals surface area (Å²) in [6, 6.07) is 12.8. The average molecular weight is 507 g/mol. The first-order valence-corrected chi connectivity index (χ1v) is 12.6. The van der Waals surface area contributed by atoms with Crippen molar-refractivity contribution >= 4 is 40.5 Å². The fourth-order valence-corrected chi connectivity index (χ4v) is 5.81. The number of likely N-dealkylation sites (tertiary alicyclic amines) is 2. The van der Waals surface area contributed by atoms with E-state index in [0.717, 1.165) is 42.5 Å². The van der Waals surface area contributed by atoms with Gasteiger partial charge in [0.25, 0.3) is 11.8 Å². The van der Waals surface area contributed by atoms with Crippen LogP contribution in [0.4, 0.5) is 0 Å². The predicted molar refractivity (Wildman–Crippen MR) is 136 cm³/mol. The third kappa shape index (κ3) is 4.01. The van der Waals surface area contributed by atoms with Crippen molar-refractivity contribution in [1.82, 2.24) is 9.80 Å². The van der Waals surface area contributed by atoms with E-state index < -0.39 is 0 Å². The van der Waals surface area contributed by atoms with Crippen molar-refractivity contribution < 1.29 is 23.5 Å². The van der Waals surface area contributed by atoms with Gasteiger partial charge in [0.2, 0.25) is 0 Å². The fraction of sp³-hybridized carbons (Fsp3) is 0.357. The molecule has 8 heteroatoms. The Morgan fingerprint density at radius 3 is 2.56 bits per heavy atom. The van der Waals surface area contributed by atoms with E-state index in [0.29, 0.717) is 47.3 Å². The van der Waals surface area contributed by atoms with Gasteiger partial charge in [-0.2, -0.15) is 0 Å². The zero-order chi connectivity index (χ0) is 24.9. The van der Waals surface area contributed by atoms with Crippen molar-refractivity contribution in [3.8, 4) is 11.5 Å². The molecule has 36 heavy (non-hydrogen) atoms. The maximum Gasteiger partial charge on any atom is 0.289 e. The number of methoxy groups -OCH3 is 1. The molecule has 2 saturated heterocycles. The molecule has 3 aliphatic heterocycles. The Hall–Kier alpha value is -3.45. The van der Waals surface area contributed by atoms with Crippen molar-refractivity contribution in [2.24, 2.45) is 5.41 Å². The lowest BCUT2D eigenvalue weighted by molar-refractivity contribution is -0.127. The minimum Gasteiger partial charge on any atom is -0.493 e. The summed E-state index contributed by atoms with van der Waals surface area (Å²) in [7, 11) is 1.59. The summed E-state index contributed by atoms with van der Waals surface area (Å²) in [5, 5.41) is 1.47. The Morgan fingerprint density at radius 2 is 1.78 bits per heavy atom. The lowest BCUT2D eigenvalue weighted by Crippen LogP contribution is -2.44. The monoisotopic (exact) mass is 506 g/mol. The number of rotatable bonds is 3. The van der Waals surface area contributed by atoms with Crippen LogP contribution in [0.15, 0.2) is 52.5 Å². The van der Waals surface area contributed by atoms with E-state index in [4.69, 9.17) is 25.5 Å². The van der Waals surface area contributed by atoms with Gasteiger partial charge in [-0.1, -0.05) is 23.7 Å². The second-order valence-electron chi connectivity index (χ2n) is 9.90. The van der Waals surface area contributed by atoms with Crippen LogP contribution in [0.5, 0.6) is 11.5 Å². The minimum atomic E-state index is -0.101. The molecular formula is C28H27ClN2O5. The number of benzene rings is 2. The molecule has 2 aromatic carbocycles. The van der Waals surface area contributed by atoms with Crippen LogP contribution in [0.25, 0.3) is 17.0 Å². The molecule has 2 fully saturated rings. The van der Waals surface area contributed by atoms with Crippen LogP contribution in [0, 0.1) is 5.41 Å². The molecule has 0 N–H and O–H groups in total. The Bertz CT molecular complexity index is 1390. The SMILES string of the molecule is COc1cccc2cc(C(=O)N3CCC4(CCN(C(=O)C5=Cc6cc(Cl)ccc6OC5)C4)CC3)oc12. The van der Waals surface area contributed by atoms with Crippen LogP contribution < -0.4 is 9.47 Å². The van der Waals surface area contributed by atoms with Gasteiger partial charge in [-0.05, 0) is 61.1 Å². The molecule has 0 saturated carbocycles. The molecule has 0 unspecified atom stereocenters. The van der Waals surface area contributed by atoms with Crippen molar-refractivity contribution in [2.45, 2.75) is 19.3 Å². The predicted octanol–water partition coefficient (Wildman–Crippen LogP) is 5.03. The third-order valence-corrected chi connectivity index (χ3v) is 7.97. The van der Waals surface area contributed by atoms with Crippen molar-refractivity contribution in [2.75, 3.05) is 39.9 Å². The number of ether oxygens (including phenoxy) is 2. The van der Waals surface area contributed by atoms with Crippen LogP contribution in [0.3, 0.4) is 0 Å². The normalized spacial score (nSPS) is 18.7. The van der Waals surface area contributed by atoms with E-state index in [1.807, 2.05) is 46.2 Å². The summed E-state index contributed by atoms with van der Waals surface area (Å²) in [6.07, 6.45) is 4.56. The number of halogens is 1. The average Bonchev–Trinajstić information content (AvgIpc) is 3.52. The molecule has 2 amide bonds. The van der Waals surface area contributed by atoms with Gasteiger partial charge < -0.3 is 23.7 Å². The summed E-state index contributed by atoms with van der Waals surface area (Å²) in [6.45, 7) is 2.98. The Kier molecular flexibility index (Phi) is 5.67. The number of fused-ring (bicyclic) bond motifs is 2. The standard InChI is InChI=1S/C28H27ClN2O5/c1-34-23-4-2-3-18-15-24(36-25(18)23)27(33)30-10-7-28(8-11-30)9-12-31(17-28)26(32)20-13-19-14-21(29)5-6-22(19)35-16-20/h2-6,13-15H,7-12,16-17H2,1H3. The molecule has 7 nitrogen and oxygen atoms in total. The van der Waals surface area contributed by atoms with Crippen LogP contribution in [-0.2, 0) is 4.79 Å². The summed E-state index contributed by atoms with van der Waals surface area (Å²) in [5.41, 5.74) is 2.12. The summed E-state index contributed by atoms with van der Waals surface area (Å²) in [5.74, 6) is 1.61. The first-order chi connectivity index (χ1) is 17.4. The summed E-state index contributed by atoms with van der Waals surface area (Å²) < 4.78 is 17.0. The molecule has 0 atom stereocenters. The molecule has 1 aromatic heterocycles. The Balaban J connectivity index is 1.11. The zero-order valence-electron chi connectivity index (χ0n) is 20.1. The highest BCUT2D eigenvalue weighted by Crippen LogP contribution is 2.42. The van der Waals surface area contributed by atoms with Gasteiger partial charge in [0.05, 0.1) is 12.7 Å². The molecule has 0 bridgehead atoms. The Labute approximate surface area is 214 Å². The number of piperidine rings is 1. The van der Waals surface area contributed by atoms with Crippen molar-refractivity contribution in [3.05, 3.63) is 64.4 Å². The molecule has 3 aromatic rings. The van der Waals surface area contributed by atoms with E-state index in [2.05, 4.69) is 0 Å². The number of amides is 2. The number of carbonyl (C=O) groups excluding carboxylic acids is 2. The van der Waals surface area contributed by atoms with E-state index in [1.165, 1.54) is 0 Å². The summed E-state index contributed by atoms with van der Waals surface area (Å²) in [4.78, 5) is 30.2. The van der Waals surface area contributed by atoms with Crippen LogP contribution in [-0.4, -0.2) is 61.5 Å². The van der Waals surface area contributed by atoms with E-state index >= 15 is 0 Å². The number of hydrogen-bond donors (Lipinski definition) is 0. The van der Waals surface area contributed by atoms with Gasteiger partial charge in [0.1, 0.15) is 12.4 Å². The molecule has 186 valence electrons. The first-order valence-electron chi connectivity index (χ1n) is 12.2. The second-order valence-corrected chi connectivity index (χ2v) is 10.3. The molecule has 6 rings (SSSR count). The topological polar surface area (TPSA) is 72.2 Å². The van der Waals surface area contributed by atoms with Gasteiger partial charge in [-0.15, -0.1) is 0 Å². The lowest BCUT2D eigenvalue weighted by Gasteiger charge is -2.39. The maximum absolute atomic E-state index is 13.3. The largest absolute Gasteiger partial charge is 0.493 e. The van der Waals surface area contributed by atoms with E-state index in [-0.39, 0.29) is 23.8 Å². The molecular weight excluding hydrogens is 480 g/mol. The number of para-hydroxylation sites is 1. The Morgan fingerprint density at radius 1 is 1.00 bits per heavy atom. The lowest BCUT2D eigenvalue weighted by atomic mass is 9.77. The molecule has 0 aliphatic carbocycles. The smallest absolute Gasteiger partial charge is 0.289 e. The third-order valence-electron chi connectivity index (χ3n) is 7.73. The molecule has 1 spiro atoms. The van der Waals surface area contributed by atoms with E-state index in [1.54, 1.807) is 19.2 Å². The van der Waals surface area contributed by atoms with Gasteiger partial charge >= 0.3 is 0 Å². The number of furan rings is 1. The van der Waals surface area contributed by atoms with Gasteiger partial charge in [0, 0.05) is 42.2 Å². The number of hydrogen-bond acceptors (Lipinski definition) is 5. The van der Waals surface area contributed by atoms with Gasteiger partial charge in [-0.3, -0.25) is 9.59 Å². The van der Waals surface area contributed by atoms with Gasteiger partial charge in [-0.25, -0.2) is 0 Å². The first kappa shape index (κ1) is 23.0. The fourth-order valence-electron chi connectivity index (χ4n) is 5.63. The maximum atomic E-state index is 13.3. The van der Waals surface area contributed by atoms with Crippen molar-refractivity contribution in [1.29, 1.82) is 0 Å². The highest BCUT2D eigenvalue weighted by atomic mass is 35.5. The quantitative estimate of drug-likeness (QED) is 0.498. The van der Waals surface area contributed by atoms with Crippen LogP contribution in [0.2, 0.25) is 5.02 Å². The zero-order valence-corrected chi connectivity index (χ0v) is 20.8. The summed E-state index contributed by atoms with van der Waals surface area (Å²) >= 11 is 6.12. The molecule has 4 heterocycles. The number of carbonyl (C=O) groups is 2. The van der Waals surface area contributed by atoms with Crippen LogP contribution >= 0.6 is 11.6 Å². The molecule has 3 aliphatic rings. The minimum absolute atomic E-state index is 0.0206. The molecule has 0 radical (unpaired) electrons. The number of nitrogens with zero attached hydrogens (tertiary/aromatic N) is 2. The van der Waals surface area contributed by atoms with Gasteiger partial charge in [0.15, 0.2) is 17.1 Å². The van der Waals surface area contributed by atoms with Crippen molar-refractivity contribution in [3.63, 3.8) is 0 Å².